The van der Waals surface area contributed by atoms with Crippen molar-refractivity contribution in [2.45, 2.75) is 51.0 Å². The first kappa shape index (κ1) is 17.5. The zero-order valence-electron chi connectivity index (χ0n) is 13.8. The standard InChI is InChI=1S/C18H25NO4/c1-13(16(20)21)12-14-6-8-15(9-7-14)19-17(22)18(23-2)10-4-3-5-11-18/h6-9,13H,3-5,10-12H2,1-2H3,(H,19,22)(H,20,21). The molecule has 0 aliphatic heterocycles. The van der Waals surface area contributed by atoms with Crippen LogP contribution in [0.5, 0.6) is 0 Å². The van der Waals surface area contributed by atoms with Crippen molar-refractivity contribution in [3.63, 3.8) is 0 Å². The topological polar surface area (TPSA) is 75.6 Å². The van der Waals surface area contributed by atoms with E-state index >= 15 is 0 Å². The van der Waals surface area contributed by atoms with E-state index in [9.17, 15) is 9.59 Å². The van der Waals surface area contributed by atoms with E-state index in [1.165, 1.54) is 0 Å². The summed E-state index contributed by atoms with van der Waals surface area (Å²) < 4.78 is 5.54. The van der Waals surface area contributed by atoms with Gasteiger partial charge in [-0.05, 0) is 37.0 Å². The first-order valence-electron chi connectivity index (χ1n) is 8.15. The second-order valence-electron chi connectivity index (χ2n) is 6.35. The van der Waals surface area contributed by atoms with Gasteiger partial charge in [-0.3, -0.25) is 9.59 Å². The van der Waals surface area contributed by atoms with Crippen molar-refractivity contribution in [3.8, 4) is 0 Å². The first-order valence-corrected chi connectivity index (χ1v) is 8.15. The van der Waals surface area contributed by atoms with Crippen LogP contribution >= 0.6 is 0 Å². The van der Waals surface area contributed by atoms with Gasteiger partial charge in [-0.2, -0.15) is 0 Å². The molecule has 1 aliphatic rings. The van der Waals surface area contributed by atoms with Gasteiger partial charge in [0.2, 0.25) is 0 Å². The normalized spacial score (nSPS) is 18.2. The van der Waals surface area contributed by atoms with Crippen molar-refractivity contribution >= 4 is 17.6 Å². The Labute approximate surface area is 137 Å². The number of carboxylic acid groups (broad SMARTS) is 1. The monoisotopic (exact) mass is 319 g/mol. The van der Waals surface area contributed by atoms with E-state index in [0.717, 1.165) is 37.7 Å². The fourth-order valence-electron chi connectivity index (χ4n) is 3.06. The van der Waals surface area contributed by atoms with Gasteiger partial charge in [0.05, 0.1) is 5.92 Å². The summed E-state index contributed by atoms with van der Waals surface area (Å²) in [6, 6.07) is 7.34. The van der Waals surface area contributed by atoms with Crippen LogP contribution in [0.1, 0.15) is 44.6 Å². The number of rotatable bonds is 6. The zero-order valence-corrected chi connectivity index (χ0v) is 13.8. The first-order chi connectivity index (χ1) is 11.0. The van der Waals surface area contributed by atoms with Crippen LogP contribution in [-0.2, 0) is 20.7 Å². The lowest BCUT2D eigenvalue weighted by Gasteiger charge is -2.34. The number of carbonyl (C=O) groups is 2. The summed E-state index contributed by atoms with van der Waals surface area (Å²) in [5, 5.41) is 11.9. The highest BCUT2D eigenvalue weighted by Gasteiger charge is 2.39. The molecule has 0 radical (unpaired) electrons. The number of ether oxygens (including phenoxy) is 1. The van der Waals surface area contributed by atoms with Gasteiger partial charge >= 0.3 is 5.97 Å². The van der Waals surface area contributed by atoms with Crippen LogP contribution in [0.2, 0.25) is 0 Å². The fourth-order valence-corrected chi connectivity index (χ4v) is 3.06. The van der Waals surface area contributed by atoms with E-state index in [1.54, 1.807) is 14.0 Å². The Morgan fingerprint density at radius 1 is 1.22 bits per heavy atom. The predicted octanol–water partition coefficient (Wildman–Crippen LogP) is 3.24. The van der Waals surface area contributed by atoms with Crippen LogP contribution < -0.4 is 5.32 Å². The summed E-state index contributed by atoms with van der Waals surface area (Å²) in [7, 11) is 1.60. The number of nitrogens with one attached hydrogen (secondary N) is 1. The molecule has 2 rings (SSSR count). The maximum atomic E-state index is 12.6. The Bertz CT molecular complexity index is 547. The third-order valence-corrected chi connectivity index (χ3v) is 4.64. The minimum Gasteiger partial charge on any atom is -0.481 e. The number of carboxylic acids is 1. The number of anilines is 1. The molecule has 0 saturated heterocycles. The molecule has 0 spiro atoms. The van der Waals surface area contributed by atoms with Crippen molar-refractivity contribution in [1.29, 1.82) is 0 Å². The van der Waals surface area contributed by atoms with Crippen molar-refractivity contribution in [2.24, 2.45) is 5.92 Å². The Morgan fingerprint density at radius 2 is 1.83 bits per heavy atom. The number of amides is 1. The predicted molar refractivity (Wildman–Crippen MR) is 88.4 cm³/mol. The van der Waals surface area contributed by atoms with Gasteiger partial charge in [-0.15, -0.1) is 0 Å². The molecule has 126 valence electrons. The molecule has 2 N–H and O–H groups in total. The summed E-state index contributed by atoms with van der Waals surface area (Å²) in [5.74, 6) is -1.32. The van der Waals surface area contributed by atoms with Crippen molar-refractivity contribution in [3.05, 3.63) is 29.8 Å². The molecule has 23 heavy (non-hydrogen) atoms. The molecule has 0 heterocycles. The summed E-state index contributed by atoms with van der Waals surface area (Å²) in [6.07, 6.45) is 5.15. The highest BCUT2D eigenvalue weighted by Crippen LogP contribution is 2.32. The molecular formula is C18H25NO4. The maximum absolute atomic E-state index is 12.6. The Balaban J connectivity index is 1.99. The second kappa shape index (κ2) is 7.59. The fraction of sp³-hybridized carbons (Fsp3) is 0.556. The van der Waals surface area contributed by atoms with Gasteiger partial charge in [0, 0.05) is 12.8 Å². The minimum absolute atomic E-state index is 0.0913. The molecule has 1 atom stereocenters. The SMILES string of the molecule is COC1(C(=O)Nc2ccc(CC(C)C(=O)O)cc2)CCCCC1. The lowest BCUT2D eigenvalue weighted by molar-refractivity contribution is -0.142. The number of hydrogen-bond acceptors (Lipinski definition) is 3. The van der Waals surface area contributed by atoms with Crippen molar-refractivity contribution < 1.29 is 19.4 Å². The average molecular weight is 319 g/mol. The molecule has 1 fully saturated rings. The molecule has 1 amide bonds. The van der Waals surface area contributed by atoms with Crippen molar-refractivity contribution in [2.75, 3.05) is 12.4 Å². The molecule has 1 aromatic carbocycles. The Hall–Kier alpha value is -1.88. The highest BCUT2D eigenvalue weighted by molar-refractivity contribution is 5.97. The van der Waals surface area contributed by atoms with E-state index in [0.29, 0.717) is 12.1 Å². The third-order valence-electron chi connectivity index (χ3n) is 4.64. The van der Waals surface area contributed by atoms with Crippen LogP contribution in [0.15, 0.2) is 24.3 Å². The highest BCUT2D eigenvalue weighted by atomic mass is 16.5. The molecule has 1 aliphatic carbocycles. The molecule has 0 aromatic heterocycles. The molecule has 5 heteroatoms. The maximum Gasteiger partial charge on any atom is 0.306 e. The average Bonchev–Trinajstić information content (AvgIpc) is 2.57. The number of carbonyl (C=O) groups excluding carboxylic acids is 1. The quantitative estimate of drug-likeness (QED) is 0.844. The van der Waals surface area contributed by atoms with Gasteiger partial charge in [0.25, 0.3) is 5.91 Å². The smallest absolute Gasteiger partial charge is 0.306 e. The number of aliphatic carboxylic acids is 1. The number of hydrogen-bond donors (Lipinski definition) is 2. The van der Waals surface area contributed by atoms with E-state index in [4.69, 9.17) is 9.84 Å². The lowest BCUT2D eigenvalue weighted by Crippen LogP contribution is -2.46. The summed E-state index contributed by atoms with van der Waals surface area (Å²) in [6.45, 7) is 1.68. The minimum atomic E-state index is -0.804. The van der Waals surface area contributed by atoms with E-state index in [2.05, 4.69) is 5.32 Å². The van der Waals surface area contributed by atoms with Gasteiger partial charge in [-0.1, -0.05) is 38.3 Å². The van der Waals surface area contributed by atoms with Gasteiger partial charge in [-0.25, -0.2) is 0 Å². The summed E-state index contributed by atoms with van der Waals surface area (Å²) in [4.78, 5) is 23.4. The number of benzene rings is 1. The largest absolute Gasteiger partial charge is 0.481 e. The summed E-state index contributed by atoms with van der Waals surface area (Å²) >= 11 is 0. The van der Waals surface area contributed by atoms with Crippen LogP contribution in [0.4, 0.5) is 5.69 Å². The second-order valence-corrected chi connectivity index (χ2v) is 6.35. The van der Waals surface area contributed by atoms with Crippen molar-refractivity contribution in [1.82, 2.24) is 0 Å². The zero-order chi connectivity index (χ0) is 16.9. The third kappa shape index (κ3) is 4.32. The van der Waals surface area contributed by atoms with E-state index in [1.807, 2.05) is 24.3 Å². The number of methoxy groups -OCH3 is 1. The van der Waals surface area contributed by atoms with Gasteiger partial charge in [0.15, 0.2) is 0 Å². The molecule has 1 unspecified atom stereocenters. The van der Waals surface area contributed by atoms with Crippen LogP contribution in [0.3, 0.4) is 0 Å². The molecule has 1 saturated carbocycles. The molecule has 5 nitrogen and oxygen atoms in total. The van der Waals surface area contributed by atoms with Crippen LogP contribution in [0.25, 0.3) is 0 Å². The van der Waals surface area contributed by atoms with Crippen LogP contribution in [0, 0.1) is 5.92 Å². The van der Waals surface area contributed by atoms with Gasteiger partial charge < -0.3 is 15.2 Å². The molecule has 0 bridgehead atoms. The molecule has 1 aromatic rings. The summed E-state index contributed by atoms with van der Waals surface area (Å²) in [5.41, 5.74) is 0.940. The lowest BCUT2D eigenvalue weighted by atomic mass is 9.84. The van der Waals surface area contributed by atoms with Gasteiger partial charge in [0.1, 0.15) is 5.60 Å². The van der Waals surface area contributed by atoms with E-state index in [-0.39, 0.29) is 5.91 Å². The Morgan fingerprint density at radius 3 is 2.35 bits per heavy atom. The molecular weight excluding hydrogens is 294 g/mol. The van der Waals surface area contributed by atoms with E-state index < -0.39 is 17.5 Å². The Kier molecular flexibility index (Phi) is 5.77. The van der Waals surface area contributed by atoms with Crippen LogP contribution in [-0.4, -0.2) is 29.7 Å².